The smallest absolute Gasteiger partial charge is 0.396 e. The largest absolute Gasteiger partial charge is 0.417 e. The summed E-state index contributed by atoms with van der Waals surface area (Å²) in [6, 6.07) is 1.03. The van der Waals surface area contributed by atoms with E-state index in [0.717, 1.165) is 6.07 Å². The van der Waals surface area contributed by atoms with Gasteiger partial charge in [0.25, 0.3) is 0 Å². The van der Waals surface area contributed by atoms with Crippen molar-refractivity contribution in [3.63, 3.8) is 0 Å². The van der Waals surface area contributed by atoms with Crippen LogP contribution in [0, 0.1) is 11.6 Å². The molecule has 100 valence electrons. The lowest BCUT2D eigenvalue weighted by atomic mass is 10.0. The van der Waals surface area contributed by atoms with E-state index in [1.54, 1.807) is 0 Å². The Morgan fingerprint density at radius 1 is 1.00 bits per heavy atom. The summed E-state index contributed by atoms with van der Waals surface area (Å²) < 4.78 is 64.2. The van der Waals surface area contributed by atoms with Crippen molar-refractivity contribution in [1.29, 1.82) is 0 Å². The van der Waals surface area contributed by atoms with Crippen LogP contribution in [0.2, 0.25) is 0 Å². The Bertz CT molecular complexity index is 607. The van der Waals surface area contributed by atoms with Crippen LogP contribution in [-0.4, -0.2) is 9.97 Å². The standard InChI is InChI=1S/C11H6F5N3/c12-5-3-18-10(19-4-5)6-1-9(17)8(13)2-7(6)11(14,15)16/h1-4H,17H2. The van der Waals surface area contributed by atoms with Crippen molar-refractivity contribution in [2.75, 3.05) is 5.73 Å². The number of anilines is 1. The van der Waals surface area contributed by atoms with Crippen molar-refractivity contribution in [2.45, 2.75) is 6.18 Å². The van der Waals surface area contributed by atoms with Crippen LogP contribution in [0.3, 0.4) is 0 Å². The number of hydrogen-bond donors (Lipinski definition) is 1. The highest BCUT2D eigenvalue weighted by Crippen LogP contribution is 2.37. The summed E-state index contributed by atoms with van der Waals surface area (Å²) in [5.74, 6) is -2.38. The van der Waals surface area contributed by atoms with Gasteiger partial charge in [0.05, 0.1) is 23.6 Å². The summed E-state index contributed by atoms with van der Waals surface area (Å²) in [5, 5.41) is 0. The number of benzene rings is 1. The van der Waals surface area contributed by atoms with Crippen molar-refractivity contribution in [2.24, 2.45) is 0 Å². The van der Waals surface area contributed by atoms with Crippen LogP contribution in [0.15, 0.2) is 24.5 Å². The van der Waals surface area contributed by atoms with Gasteiger partial charge in [-0.05, 0) is 12.1 Å². The maximum Gasteiger partial charge on any atom is 0.417 e. The molecule has 0 radical (unpaired) electrons. The first-order valence-corrected chi connectivity index (χ1v) is 4.93. The fraction of sp³-hybridized carbons (Fsp3) is 0.0909. The van der Waals surface area contributed by atoms with Crippen molar-refractivity contribution >= 4 is 5.69 Å². The summed E-state index contributed by atoms with van der Waals surface area (Å²) in [4.78, 5) is 6.86. The fourth-order valence-corrected chi connectivity index (χ4v) is 1.46. The second-order valence-electron chi connectivity index (χ2n) is 3.64. The first-order chi connectivity index (χ1) is 8.79. The minimum Gasteiger partial charge on any atom is -0.396 e. The third-order valence-corrected chi connectivity index (χ3v) is 2.30. The lowest BCUT2D eigenvalue weighted by Crippen LogP contribution is -2.10. The summed E-state index contributed by atoms with van der Waals surface area (Å²) in [5.41, 5.74) is 2.97. The molecule has 0 bridgehead atoms. The third-order valence-electron chi connectivity index (χ3n) is 2.30. The van der Waals surface area contributed by atoms with E-state index in [1.807, 2.05) is 0 Å². The highest BCUT2D eigenvalue weighted by atomic mass is 19.4. The van der Waals surface area contributed by atoms with Crippen molar-refractivity contribution in [1.82, 2.24) is 9.97 Å². The van der Waals surface area contributed by atoms with E-state index in [1.165, 1.54) is 0 Å². The number of nitrogens with zero attached hydrogens (tertiary/aromatic N) is 2. The van der Waals surface area contributed by atoms with E-state index < -0.39 is 34.6 Å². The third kappa shape index (κ3) is 2.61. The molecule has 0 saturated heterocycles. The molecule has 19 heavy (non-hydrogen) atoms. The van der Waals surface area contributed by atoms with Crippen LogP contribution in [0.5, 0.6) is 0 Å². The maximum atomic E-state index is 13.1. The topological polar surface area (TPSA) is 51.8 Å². The Kier molecular flexibility index (Phi) is 3.09. The quantitative estimate of drug-likeness (QED) is 0.643. The molecule has 2 aromatic rings. The second-order valence-corrected chi connectivity index (χ2v) is 3.64. The fourth-order valence-electron chi connectivity index (χ4n) is 1.46. The summed E-state index contributed by atoms with van der Waals surface area (Å²) in [7, 11) is 0. The van der Waals surface area contributed by atoms with Crippen molar-refractivity contribution < 1.29 is 22.0 Å². The summed E-state index contributed by atoms with van der Waals surface area (Å²) in [6.07, 6.45) is -3.38. The van der Waals surface area contributed by atoms with Gasteiger partial charge in [0, 0.05) is 5.56 Å². The Hall–Kier alpha value is -2.25. The molecule has 8 heteroatoms. The maximum absolute atomic E-state index is 13.1. The predicted octanol–water partition coefficient (Wildman–Crippen LogP) is 3.02. The first-order valence-electron chi connectivity index (χ1n) is 4.93. The molecule has 1 heterocycles. The van der Waals surface area contributed by atoms with E-state index in [9.17, 15) is 22.0 Å². The highest BCUT2D eigenvalue weighted by Gasteiger charge is 2.35. The molecule has 0 fully saturated rings. The highest BCUT2D eigenvalue weighted by molar-refractivity contribution is 5.66. The van der Waals surface area contributed by atoms with E-state index in [0.29, 0.717) is 12.4 Å². The molecule has 0 aliphatic carbocycles. The van der Waals surface area contributed by atoms with Crippen molar-refractivity contribution in [3.05, 3.63) is 41.7 Å². The Balaban J connectivity index is 2.67. The molecule has 0 aliphatic rings. The number of alkyl halides is 3. The Labute approximate surface area is 103 Å². The van der Waals surface area contributed by atoms with Gasteiger partial charge in [0.2, 0.25) is 0 Å². The predicted molar refractivity (Wildman–Crippen MR) is 56.8 cm³/mol. The van der Waals surface area contributed by atoms with Crippen LogP contribution >= 0.6 is 0 Å². The van der Waals surface area contributed by atoms with Crippen LogP contribution in [0.25, 0.3) is 11.4 Å². The Morgan fingerprint density at radius 2 is 1.58 bits per heavy atom. The zero-order chi connectivity index (χ0) is 14.2. The number of nitrogens with two attached hydrogens (primary N) is 1. The Morgan fingerprint density at radius 3 is 2.11 bits per heavy atom. The molecule has 1 aromatic heterocycles. The molecule has 0 amide bonds. The molecule has 0 unspecified atom stereocenters. The van der Waals surface area contributed by atoms with E-state index in [4.69, 9.17) is 5.73 Å². The van der Waals surface area contributed by atoms with Crippen molar-refractivity contribution in [3.8, 4) is 11.4 Å². The SMILES string of the molecule is Nc1cc(-c2ncc(F)cn2)c(C(F)(F)F)cc1F. The lowest BCUT2D eigenvalue weighted by Gasteiger charge is -2.13. The van der Waals surface area contributed by atoms with Crippen LogP contribution in [0.1, 0.15) is 5.56 Å². The number of halogens is 5. The average molecular weight is 275 g/mol. The molecule has 0 saturated carbocycles. The summed E-state index contributed by atoms with van der Waals surface area (Å²) in [6.45, 7) is 0. The van der Waals surface area contributed by atoms with Gasteiger partial charge in [0.1, 0.15) is 5.82 Å². The monoisotopic (exact) mass is 275 g/mol. The molecule has 2 N–H and O–H groups in total. The molecule has 0 aliphatic heterocycles. The van der Waals surface area contributed by atoms with E-state index >= 15 is 0 Å². The zero-order valence-corrected chi connectivity index (χ0v) is 9.17. The number of hydrogen-bond acceptors (Lipinski definition) is 3. The zero-order valence-electron chi connectivity index (χ0n) is 9.17. The normalized spacial score (nSPS) is 11.6. The lowest BCUT2D eigenvalue weighted by molar-refractivity contribution is -0.137. The van der Waals surface area contributed by atoms with Gasteiger partial charge in [0.15, 0.2) is 11.6 Å². The van der Waals surface area contributed by atoms with Crippen LogP contribution in [-0.2, 0) is 6.18 Å². The molecule has 0 spiro atoms. The number of rotatable bonds is 1. The van der Waals surface area contributed by atoms with E-state index in [-0.39, 0.29) is 11.9 Å². The van der Waals surface area contributed by atoms with Gasteiger partial charge in [-0.3, -0.25) is 0 Å². The van der Waals surface area contributed by atoms with Crippen LogP contribution in [0.4, 0.5) is 27.6 Å². The van der Waals surface area contributed by atoms with Gasteiger partial charge in [-0.25, -0.2) is 18.7 Å². The molecule has 1 aromatic carbocycles. The average Bonchev–Trinajstić information content (AvgIpc) is 2.32. The van der Waals surface area contributed by atoms with Gasteiger partial charge in [-0.2, -0.15) is 13.2 Å². The molecule has 0 atom stereocenters. The van der Waals surface area contributed by atoms with Gasteiger partial charge in [-0.15, -0.1) is 0 Å². The molecule has 3 nitrogen and oxygen atoms in total. The molecular formula is C11H6F5N3. The van der Waals surface area contributed by atoms with Gasteiger partial charge < -0.3 is 5.73 Å². The minimum absolute atomic E-state index is 0.261. The second kappa shape index (κ2) is 4.45. The number of nitrogen functional groups attached to an aromatic ring is 1. The minimum atomic E-state index is -4.80. The van der Waals surface area contributed by atoms with E-state index in [2.05, 4.69) is 9.97 Å². The first kappa shape index (κ1) is 13.2. The summed E-state index contributed by atoms with van der Waals surface area (Å²) >= 11 is 0. The molecule has 2 rings (SSSR count). The van der Waals surface area contributed by atoms with Gasteiger partial charge >= 0.3 is 6.18 Å². The number of aromatic nitrogens is 2. The van der Waals surface area contributed by atoms with Gasteiger partial charge in [-0.1, -0.05) is 0 Å². The molecular weight excluding hydrogens is 269 g/mol. The van der Waals surface area contributed by atoms with Crippen LogP contribution < -0.4 is 5.73 Å².